The van der Waals surface area contributed by atoms with E-state index in [2.05, 4.69) is 20.6 Å². The topological polar surface area (TPSA) is 104 Å². The second-order valence-corrected chi connectivity index (χ2v) is 3.92. The normalized spacial score (nSPS) is 9.80. The molecule has 2 aromatic rings. The number of carbonyl (C=O) groups excluding carboxylic acids is 1. The summed E-state index contributed by atoms with van der Waals surface area (Å²) < 4.78 is 0. The number of hydrogen-bond donors (Lipinski definition) is 3. The van der Waals surface area contributed by atoms with Crippen LogP contribution < -0.4 is 10.6 Å². The summed E-state index contributed by atoms with van der Waals surface area (Å²) >= 11 is 0. The number of aliphatic carboxylic acids is 1. The molecule has 0 unspecified atom stereocenters. The number of rotatable bonds is 4. The number of hydrogen-bond acceptors (Lipinski definition) is 4. The van der Waals surface area contributed by atoms with E-state index in [1.807, 2.05) is 0 Å². The summed E-state index contributed by atoms with van der Waals surface area (Å²) in [4.78, 5) is 29.9. The van der Waals surface area contributed by atoms with Crippen molar-refractivity contribution in [3.8, 4) is 0 Å². The van der Waals surface area contributed by atoms with Crippen LogP contribution in [0.4, 0.5) is 16.4 Å². The highest BCUT2D eigenvalue weighted by Crippen LogP contribution is 2.10. The van der Waals surface area contributed by atoms with Gasteiger partial charge in [-0.05, 0) is 23.8 Å². The third kappa shape index (κ3) is 4.05. The van der Waals surface area contributed by atoms with Crippen LogP contribution >= 0.6 is 0 Å². The number of anilines is 2. The molecule has 1 aromatic heterocycles. The molecule has 0 aliphatic rings. The highest BCUT2D eigenvalue weighted by molar-refractivity contribution is 5.98. The van der Waals surface area contributed by atoms with Gasteiger partial charge in [0.05, 0.1) is 6.42 Å². The van der Waals surface area contributed by atoms with Crippen molar-refractivity contribution in [1.29, 1.82) is 0 Å². The van der Waals surface area contributed by atoms with Crippen LogP contribution in [0.25, 0.3) is 0 Å². The van der Waals surface area contributed by atoms with Crippen LogP contribution in [0.2, 0.25) is 0 Å². The molecule has 7 nitrogen and oxygen atoms in total. The average molecular weight is 272 g/mol. The van der Waals surface area contributed by atoms with Crippen LogP contribution in [0.3, 0.4) is 0 Å². The van der Waals surface area contributed by atoms with Crippen LogP contribution in [-0.4, -0.2) is 27.1 Å². The first kappa shape index (κ1) is 13.5. The molecule has 102 valence electrons. The number of carboxylic acid groups (broad SMARTS) is 1. The lowest BCUT2D eigenvalue weighted by atomic mass is 10.1. The van der Waals surface area contributed by atoms with Gasteiger partial charge >= 0.3 is 12.0 Å². The first-order valence-corrected chi connectivity index (χ1v) is 5.79. The van der Waals surface area contributed by atoms with E-state index in [9.17, 15) is 9.59 Å². The molecule has 0 bridgehead atoms. The molecule has 2 amide bonds. The van der Waals surface area contributed by atoms with E-state index in [-0.39, 0.29) is 12.4 Å². The summed E-state index contributed by atoms with van der Waals surface area (Å²) in [6, 6.07) is 7.71. The molecule has 0 radical (unpaired) electrons. The molecular formula is C13H12N4O3. The van der Waals surface area contributed by atoms with Crippen molar-refractivity contribution < 1.29 is 14.7 Å². The van der Waals surface area contributed by atoms with Crippen molar-refractivity contribution in [2.75, 3.05) is 10.6 Å². The Morgan fingerprint density at radius 2 is 1.70 bits per heavy atom. The highest BCUT2D eigenvalue weighted by Gasteiger charge is 2.05. The van der Waals surface area contributed by atoms with Crippen molar-refractivity contribution in [2.45, 2.75) is 6.42 Å². The number of benzene rings is 1. The molecule has 2 rings (SSSR count). The van der Waals surface area contributed by atoms with Crippen molar-refractivity contribution in [3.63, 3.8) is 0 Å². The first-order valence-electron chi connectivity index (χ1n) is 5.79. The molecule has 0 saturated heterocycles. The lowest BCUT2D eigenvalue weighted by Gasteiger charge is -2.06. The lowest BCUT2D eigenvalue weighted by molar-refractivity contribution is -0.136. The number of urea groups is 1. The number of carbonyl (C=O) groups is 2. The largest absolute Gasteiger partial charge is 0.481 e. The van der Waals surface area contributed by atoms with Gasteiger partial charge in [0.15, 0.2) is 0 Å². The fraction of sp³-hybridized carbons (Fsp3) is 0.0769. The summed E-state index contributed by atoms with van der Waals surface area (Å²) in [5.74, 6) is -0.697. The number of carboxylic acids is 1. The van der Waals surface area contributed by atoms with Gasteiger partial charge < -0.3 is 10.4 Å². The highest BCUT2D eigenvalue weighted by atomic mass is 16.4. The number of aromatic nitrogens is 2. The molecule has 0 atom stereocenters. The van der Waals surface area contributed by atoms with Gasteiger partial charge in [0, 0.05) is 18.1 Å². The first-order chi connectivity index (χ1) is 9.63. The Balaban J connectivity index is 1.93. The maximum Gasteiger partial charge on any atom is 0.326 e. The van der Waals surface area contributed by atoms with E-state index < -0.39 is 12.0 Å². The minimum Gasteiger partial charge on any atom is -0.481 e. The van der Waals surface area contributed by atoms with E-state index in [1.54, 1.807) is 30.3 Å². The zero-order valence-electron chi connectivity index (χ0n) is 10.4. The third-order valence-corrected chi connectivity index (χ3v) is 2.36. The minimum absolute atomic E-state index is 0.0513. The van der Waals surface area contributed by atoms with Crippen molar-refractivity contribution in [2.24, 2.45) is 0 Å². The van der Waals surface area contributed by atoms with Crippen LogP contribution in [-0.2, 0) is 11.2 Å². The minimum atomic E-state index is -0.898. The van der Waals surface area contributed by atoms with E-state index in [1.165, 1.54) is 12.4 Å². The Kier molecular flexibility index (Phi) is 4.23. The average Bonchev–Trinajstić information content (AvgIpc) is 2.41. The molecule has 0 spiro atoms. The van der Waals surface area contributed by atoms with Gasteiger partial charge in [0.2, 0.25) is 5.95 Å². The van der Waals surface area contributed by atoms with Crippen molar-refractivity contribution >= 4 is 23.6 Å². The van der Waals surface area contributed by atoms with Crippen molar-refractivity contribution in [1.82, 2.24) is 9.97 Å². The van der Waals surface area contributed by atoms with Gasteiger partial charge in [-0.25, -0.2) is 14.8 Å². The maximum atomic E-state index is 11.6. The molecule has 20 heavy (non-hydrogen) atoms. The van der Waals surface area contributed by atoms with E-state index in [0.717, 1.165) is 0 Å². The molecular weight excluding hydrogens is 260 g/mol. The quantitative estimate of drug-likeness (QED) is 0.786. The molecule has 0 aliphatic heterocycles. The number of nitrogens with zero attached hydrogens (tertiary/aromatic N) is 2. The fourth-order valence-electron chi connectivity index (χ4n) is 1.51. The Bertz CT molecular complexity index is 599. The molecule has 0 aliphatic carbocycles. The summed E-state index contributed by atoms with van der Waals surface area (Å²) in [6.45, 7) is 0. The second kappa shape index (κ2) is 6.28. The molecule has 0 saturated carbocycles. The number of nitrogens with one attached hydrogen (secondary N) is 2. The van der Waals surface area contributed by atoms with Crippen LogP contribution in [0.15, 0.2) is 42.7 Å². The van der Waals surface area contributed by atoms with Gasteiger partial charge in [-0.15, -0.1) is 0 Å². The van der Waals surface area contributed by atoms with Gasteiger partial charge in [-0.2, -0.15) is 0 Å². The summed E-state index contributed by atoms with van der Waals surface area (Å²) in [7, 11) is 0. The summed E-state index contributed by atoms with van der Waals surface area (Å²) in [5.41, 5.74) is 1.21. The smallest absolute Gasteiger partial charge is 0.326 e. The predicted molar refractivity (Wildman–Crippen MR) is 72.5 cm³/mol. The van der Waals surface area contributed by atoms with Crippen LogP contribution in [0, 0.1) is 0 Å². The third-order valence-electron chi connectivity index (χ3n) is 2.36. The van der Waals surface area contributed by atoms with Crippen molar-refractivity contribution in [3.05, 3.63) is 48.3 Å². The molecule has 3 N–H and O–H groups in total. The molecule has 7 heteroatoms. The van der Waals surface area contributed by atoms with E-state index in [4.69, 9.17) is 5.11 Å². The zero-order chi connectivity index (χ0) is 14.4. The lowest BCUT2D eigenvalue weighted by Crippen LogP contribution is -2.20. The Morgan fingerprint density at radius 3 is 2.30 bits per heavy atom. The molecule has 1 aromatic carbocycles. The predicted octanol–water partition coefficient (Wildman–Crippen LogP) is 1.75. The molecule has 1 heterocycles. The maximum absolute atomic E-state index is 11.6. The summed E-state index contributed by atoms with van der Waals surface area (Å²) in [5, 5.41) is 13.7. The number of amides is 2. The van der Waals surface area contributed by atoms with Crippen LogP contribution in [0.5, 0.6) is 0 Å². The van der Waals surface area contributed by atoms with Gasteiger partial charge in [-0.1, -0.05) is 12.1 Å². The van der Waals surface area contributed by atoms with Gasteiger partial charge in [-0.3, -0.25) is 10.1 Å². The summed E-state index contributed by atoms with van der Waals surface area (Å²) in [6.07, 6.45) is 2.98. The van der Waals surface area contributed by atoms with E-state index in [0.29, 0.717) is 11.3 Å². The zero-order valence-corrected chi connectivity index (χ0v) is 10.4. The standard InChI is InChI=1S/C13H12N4O3/c18-11(19)8-9-2-4-10(5-3-9)16-13(20)17-12-14-6-1-7-15-12/h1-7H,8H2,(H,18,19)(H2,14,15,16,17,20). The Labute approximate surface area is 114 Å². The van der Waals surface area contributed by atoms with Gasteiger partial charge in [0.25, 0.3) is 0 Å². The fourth-order valence-corrected chi connectivity index (χ4v) is 1.51. The van der Waals surface area contributed by atoms with Gasteiger partial charge in [0.1, 0.15) is 0 Å². The Hall–Kier alpha value is -2.96. The second-order valence-electron chi connectivity index (χ2n) is 3.92. The van der Waals surface area contributed by atoms with E-state index >= 15 is 0 Å². The Morgan fingerprint density at radius 1 is 1.05 bits per heavy atom. The SMILES string of the molecule is O=C(O)Cc1ccc(NC(=O)Nc2ncccn2)cc1. The monoisotopic (exact) mass is 272 g/mol. The molecule has 0 fully saturated rings. The van der Waals surface area contributed by atoms with Crippen LogP contribution in [0.1, 0.15) is 5.56 Å².